The quantitative estimate of drug-likeness (QED) is 0.703. The fraction of sp³-hybridized carbons (Fsp3) is 0.500. The summed E-state index contributed by atoms with van der Waals surface area (Å²) < 4.78 is 82.4. The summed E-state index contributed by atoms with van der Waals surface area (Å²) in [5, 5.41) is 2.25. The van der Waals surface area contributed by atoms with Crippen molar-refractivity contribution in [3.05, 3.63) is 34.9 Å². The summed E-state index contributed by atoms with van der Waals surface area (Å²) in [6.07, 6.45) is -10.8. The predicted molar refractivity (Wildman–Crippen MR) is 74.7 cm³/mol. The molecule has 1 atom stereocenters. The number of alkyl carbamates (subject to hydrolysis) is 1. The number of carbonyl (C=O) groups is 1. The molecule has 1 amide bonds. The predicted octanol–water partition coefficient (Wildman–Crippen LogP) is 4.95. The van der Waals surface area contributed by atoms with Crippen LogP contribution in [-0.2, 0) is 17.1 Å². The van der Waals surface area contributed by atoms with Crippen LogP contribution in [0.15, 0.2) is 18.2 Å². The minimum atomic E-state index is -4.99. The molecule has 2 rings (SSSR count). The lowest BCUT2D eigenvalue weighted by molar-refractivity contribution is -0.144. The maximum Gasteiger partial charge on any atom is 0.416 e. The van der Waals surface area contributed by atoms with E-state index in [2.05, 4.69) is 5.32 Å². The highest BCUT2D eigenvalue weighted by molar-refractivity contribution is 5.85. The molecule has 1 aromatic carbocycles. The lowest BCUT2D eigenvalue weighted by Crippen LogP contribution is -2.47. The van der Waals surface area contributed by atoms with Gasteiger partial charge in [0.15, 0.2) is 0 Å². The first-order valence-corrected chi connectivity index (χ1v) is 6.54. The van der Waals surface area contributed by atoms with E-state index in [9.17, 15) is 31.1 Å². The van der Waals surface area contributed by atoms with Crippen molar-refractivity contribution in [2.45, 2.75) is 32.2 Å². The third kappa shape index (κ3) is 4.06. The van der Waals surface area contributed by atoms with Crippen molar-refractivity contribution in [1.82, 2.24) is 5.32 Å². The van der Waals surface area contributed by atoms with Crippen LogP contribution in [-0.4, -0.2) is 12.7 Å². The van der Waals surface area contributed by atoms with E-state index in [0.717, 1.165) is 6.07 Å². The van der Waals surface area contributed by atoms with Gasteiger partial charge in [-0.2, -0.15) is 26.3 Å². The van der Waals surface area contributed by atoms with Gasteiger partial charge in [-0.3, -0.25) is 0 Å². The number of halogens is 7. The number of alkyl halides is 6. The molecule has 0 spiro atoms. The molecule has 0 aliphatic carbocycles. The second-order valence-corrected chi connectivity index (χ2v) is 5.94. The Labute approximate surface area is 139 Å². The summed E-state index contributed by atoms with van der Waals surface area (Å²) in [5.41, 5.74) is -4.17. The molecule has 1 aliphatic rings. The average molecular weight is 378 g/mol. The molecule has 1 aromatic rings. The zero-order chi connectivity index (χ0) is 17.6. The molecule has 0 unspecified atom stereocenters. The van der Waals surface area contributed by atoms with E-state index in [1.807, 2.05) is 0 Å². The average Bonchev–Trinajstić information content (AvgIpc) is 2.39. The molecule has 0 radical (unpaired) electrons. The van der Waals surface area contributed by atoms with Gasteiger partial charge >= 0.3 is 18.4 Å². The van der Waals surface area contributed by atoms with Crippen LogP contribution >= 0.6 is 12.4 Å². The van der Waals surface area contributed by atoms with E-state index in [0.29, 0.717) is 6.07 Å². The molecule has 136 valence electrons. The van der Waals surface area contributed by atoms with Crippen LogP contribution < -0.4 is 5.32 Å². The minimum Gasteiger partial charge on any atom is -0.449 e. The molecule has 24 heavy (non-hydrogen) atoms. The van der Waals surface area contributed by atoms with E-state index < -0.39 is 46.6 Å². The van der Waals surface area contributed by atoms with E-state index in [1.165, 1.54) is 0 Å². The first-order valence-electron chi connectivity index (χ1n) is 6.54. The van der Waals surface area contributed by atoms with Crippen molar-refractivity contribution in [3.8, 4) is 0 Å². The zero-order valence-electron chi connectivity index (χ0n) is 12.5. The molecule has 1 heterocycles. The van der Waals surface area contributed by atoms with Crippen molar-refractivity contribution in [2.75, 3.05) is 6.61 Å². The molecule has 3 nitrogen and oxygen atoms in total. The van der Waals surface area contributed by atoms with Gasteiger partial charge in [0.25, 0.3) is 0 Å². The maximum absolute atomic E-state index is 13.2. The van der Waals surface area contributed by atoms with Gasteiger partial charge in [-0.05, 0) is 17.7 Å². The number of ether oxygens (including phenoxy) is 1. The van der Waals surface area contributed by atoms with E-state index in [1.54, 1.807) is 13.8 Å². The molecule has 1 N–H and O–H groups in total. The van der Waals surface area contributed by atoms with Crippen LogP contribution in [0.25, 0.3) is 0 Å². The van der Waals surface area contributed by atoms with Crippen LogP contribution in [0.3, 0.4) is 0 Å². The summed E-state index contributed by atoms with van der Waals surface area (Å²) >= 11 is 0. The maximum atomic E-state index is 13.2. The van der Waals surface area contributed by atoms with E-state index in [4.69, 9.17) is 4.74 Å². The smallest absolute Gasteiger partial charge is 0.416 e. The molecular formula is C14H14ClF6NO2. The van der Waals surface area contributed by atoms with Gasteiger partial charge < -0.3 is 10.1 Å². The number of carbonyl (C=O) groups excluding carboxylic acids is 1. The third-order valence-electron chi connectivity index (χ3n) is 3.62. The summed E-state index contributed by atoms with van der Waals surface area (Å²) in [5.74, 6) is 0. The fourth-order valence-electron chi connectivity index (χ4n) is 2.42. The summed E-state index contributed by atoms with van der Waals surface area (Å²) in [4.78, 5) is 11.3. The van der Waals surface area contributed by atoms with Crippen molar-refractivity contribution < 1.29 is 35.9 Å². The highest BCUT2D eigenvalue weighted by Gasteiger charge is 2.44. The van der Waals surface area contributed by atoms with Gasteiger partial charge in [0, 0.05) is 5.41 Å². The number of rotatable bonds is 1. The minimum absolute atomic E-state index is 0. The number of amides is 1. The number of hydrogen-bond acceptors (Lipinski definition) is 2. The Hall–Kier alpha value is -1.64. The van der Waals surface area contributed by atoms with Crippen molar-refractivity contribution in [2.24, 2.45) is 5.41 Å². The number of cyclic esters (lactones) is 1. The molecule has 0 bridgehead atoms. The number of benzene rings is 1. The molecule has 0 saturated carbocycles. The van der Waals surface area contributed by atoms with Gasteiger partial charge in [-0.1, -0.05) is 19.9 Å². The first kappa shape index (κ1) is 20.4. The normalized spacial score (nSPS) is 20.7. The summed E-state index contributed by atoms with van der Waals surface area (Å²) in [6, 6.07) is 0.265. The van der Waals surface area contributed by atoms with Gasteiger partial charge in [0.05, 0.1) is 17.2 Å². The Morgan fingerprint density at radius 3 is 2.21 bits per heavy atom. The first-order chi connectivity index (χ1) is 10.3. The Morgan fingerprint density at radius 1 is 1.12 bits per heavy atom. The van der Waals surface area contributed by atoms with Crippen LogP contribution in [0.4, 0.5) is 31.1 Å². The Kier molecular flexibility index (Phi) is 5.39. The number of nitrogens with one attached hydrogen (secondary N) is 1. The van der Waals surface area contributed by atoms with Crippen LogP contribution in [0.5, 0.6) is 0 Å². The van der Waals surface area contributed by atoms with Crippen molar-refractivity contribution in [3.63, 3.8) is 0 Å². The number of hydrogen-bond donors (Lipinski definition) is 1. The Bertz CT molecular complexity index is 627. The topological polar surface area (TPSA) is 38.3 Å². The molecule has 1 saturated heterocycles. The van der Waals surface area contributed by atoms with Gasteiger partial charge in [-0.25, -0.2) is 4.79 Å². The molecular weight excluding hydrogens is 364 g/mol. The molecule has 1 fully saturated rings. The van der Waals surface area contributed by atoms with Gasteiger partial charge in [0.1, 0.15) is 6.61 Å². The van der Waals surface area contributed by atoms with Crippen LogP contribution in [0.2, 0.25) is 0 Å². The lowest BCUT2D eigenvalue weighted by Gasteiger charge is -2.39. The SMILES string of the molecule is CC1(C)COC(=O)N[C@@H]1c1ccc(C(F)(F)F)cc1C(F)(F)F.Cl. The fourth-order valence-corrected chi connectivity index (χ4v) is 2.42. The van der Waals surface area contributed by atoms with E-state index in [-0.39, 0.29) is 25.1 Å². The monoisotopic (exact) mass is 377 g/mol. The van der Waals surface area contributed by atoms with Crippen molar-refractivity contribution >= 4 is 18.5 Å². The molecule has 1 aliphatic heterocycles. The highest BCUT2D eigenvalue weighted by Crippen LogP contribution is 2.44. The zero-order valence-corrected chi connectivity index (χ0v) is 13.3. The second kappa shape index (κ2) is 6.34. The summed E-state index contributed by atoms with van der Waals surface area (Å²) in [7, 11) is 0. The van der Waals surface area contributed by atoms with Gasteiger partial charge in [-0.15, -0.1) is 12.4 Å². The molecule has 0 aromatic heterocycles. The molecule has 10 heteroatoms. The second-order valence-electron chi connectivity index (χ2n) is 5.94. The standard InChI is InChI=1S/C14H13F6NO2.ClH/c1-12(2)6-23-11(22)21-10(12)8-4-3-7(13(15,16)17)5-9(8)14(18,19)20;/h3-5,10H,6H2,1-2H3,(H,21,22);1H/t10-;/m1./s1. The van der Waals surface area contributed by atoms with Crippen LogP contribution in [0, 0.1) is 5.41 Å². The summed E-state index contributed by atoms with van der Waals surface area (Å²) in [6.45, 7) is 2.95. The lowest BCUT2D eigenvalue weighted by atomic mass is 9.78. The van der Waals surface area contributed by atoms with Crippen molar-refractivity contribution in [1.29, 1.82) is 0 Å². The Morgan fingerprint density at radius 2 is 1.71 bits per heavy atom. The van der Waals surface area contributed by atoms with Crippen LogP contribution in [0.1, 0.15) is 36.6 Å². The Balaban J connectivity index is 0.00000288. The third-order valence-corrected chi connectivity index (χ3v) is 3.62. The largest absolute Gasteiger partial charge is 0.449 e. The van der Waals surface area contributed by atoms with Gasteiger partial charge in [0.2, 0.25) is 0 Å². The van der Waals surface area contributed by atoms with E-state index >= 15 is 0 Å². The highest BCUT2D eigenvalue weighted by atomic mass is 35.5.